The summed E-state index contributed by atoms with van der Waals surface area (Å²) in [7, 11) is 0. The third kappa shape index (κ3) is 4.82. The van der Waals surface area contributed by atoms with Gasteiger partial charge in [-0.05, 0) is 37.1 Å². The van der Waals surface area contributed by atoms with Gasteiger partial charge < -0.3 is 10.2 Å². The van der Waals surface area contributed by atoms with E-state index in [0.29, 0.717) is 6.54 Å². The molecule has 7 heteroatoms. The van der Waals surface area contributed by atoms with Crippen LogP contribution in [0.4, 0.5) is 4.39 Å². The summed E-state index contributed by atoms with van der Waals surface area (Å²) >= 11 is 5.85. The Kier molecular flexibility index (Phi) is 7.29. The summed E-state index contributed by atoms with van der Waals surface area (Å²) in [6, 6.07) is 4.85. The van der Waals surface area contributed by atoms with E-state index in [1.807, 2.05) is 4.90 Å². The van der Waals surface area contributed by atoms with Crippen LogP contribution in [0.2, 0.25) is 5.02 Å². The van der Waals surface area contributed by atoms with Gasteiger partial charge in [-0.15, -0.1) is 12.4 Å². The molecule has 0 aliphatic carbocycles. The van der Waals surface area contributed by atoms with Crippen LogP contribution in [0.25, 0.3) is 0 Å². The number of nitrogens with one attached hydrogen (secondary N) is 1. The highest BCUT2D eigenvalue weighted by atomic mass is 35.5. The maximum atomic E-state index is 13.3. The maximum absolute atomic E-state index is 13.3. The van der Waals surface area contributed by atoms with Crippen molar-refractivity contribution in [3.05, 3.63) is 34.6 Å². The normalized spacial score (nSPS) is 22.1. The quantitative estimate of drug-likeness (QED) is 0.881. The molecule has 4 nitrogen and oxygen atoms in total. The minimum absolute atomic E-state index is 0. The zero-order valence-electron chi connectivity index (χ0n) is 13.6. The Bertz CT molecular complexity index is 567. The molecule has 2 saturated heterocycles. The summed E-state index contributed by atoms with van der Waals surface area (Å²) in [5.74, 6) is -0.0214. The molecule has 0 aromatic heterocycles. The van der Waals surface area contributed by atoms with Gasteiger partial charge in [0.05, 0.1) is 10.9 Å². The molecule has 1 atom stereocenters. The van der Waals surface area contributed by atoms with Crippen LogP contribution in [-0.4, -0.2) is 55.0 Å². The van der Waals surface area contributed by atoms with E-state index in [0.717, 1.165) is 57.7 Å². The summed E-state index contributed by atoms with van der Waals surface area (Å²) in [5.41, 5.74) is 0.992. The molecule has 1 unspecified atom stereocenters. The van der Waals surface area contributed by atoms with Crippen molar-refractivity contribution in [2.75, 3.05) is 39.3 Å². The standard InChI is InChI=1S/C17H23ClFN3O.ClH/c18-15-10-13(3-4-16(15)19)11-21-7-1-2-14(12-21)17(23)22-8-5-20-6-9-22;/h3-4,10,14,20H,1-2,5-9,11-12H2;1H. The summed E-state index contributed by atoms with van der Waals surface area (Å²) in [5, 5.41) is 3.44. The van der Waals surface area contributed by atoms with Crippen LogP contribution in [0.3, 0.4) is 0 Å². The van der Waals surface area contributed by atoms with Gasteiger partial charge in [-0.25, -0.2) is 4.39 Å². The lowest BCUT2D eigenvalue weighted by Gasteiger charge is -2.36. The number of likely N-dealkylation sites (tertiary alicyclic amines) is 1. The predicted octanol–water partition coefficient (Wildman–Crippen LogP) is 2.54. The van der Waals surface area contributed by atoms with Crippen molar-refractivity contribution in [1.82, 2.24) is 15.1 Å². The molecular formula is C17H24Cl2FN3O. The Labute approximate surface area is 153 Å². The minimum atomic E-state index is -0.388. The van der Waals surface area contributed by atoms with Crippen molar-refractivity contribution in [2.24, 2.45) is 5.92 Å². The van der Waals surface area contributed by atoms with Crippen LogP contribution in [0.5, 0.6) is 0 Å². The lowest BCUT2D eigenvalue weighted by molar-refractivity contribution is -0.138. The zero-order chi connectivity index (χ0) is 16.2. The van der Waals surface area contributed by atoms with Crippen molar-refractivity contribution in [2.45, 2.75) is 19.4 Å². The second-order valence-electron chi connectivity index (χ2n) is 6.40. The Morgan fingerprint density at radius 3 is 2.75 bits per heavy atom. The van der Waals surface area contributed by atoms with Crippen LogP contribution in [-0.2, 0) is 11.3 Å². The van der Waals surface area contributed by atoms with Crippen molar-refractivity contribution in [3.8, 4) is 0 Å². The maximum Gasteiger partial charge on any atom is 0.227 e. The number of carbonyl (C=O) groups excluding carboxylic acids is 1. The van der Waals surface area contributed by atoms with Gasteiger partial charge in [-0.2, -0.15) is 0 Å². The highest BCUT2D eigenvalue weighted by Crippen LogP contribution is 2.22. The molecule has 3 rings (SSSR count). The Morgan fingerprint density at radius 1 is 1.29 bits per heavy atom. The Balaban J connectivity index is 0.00000208. The van der Waals surface area contributed by atoms with Gasteiger partial charge in [0.2, 0.25) is 5.91 Å². The molecule has 1 N–H and O–H groups in total. The molecule has 1 aromatic carbocycles. The molecule has 134 valence electrons. The number of halogens is 3. The summed E-state index contributed by atoms with van der Waals surface area (Å²) in [6.45, 7) is 5.85. The Hall–Kier alpha value is -0.880. The van der Waals surface area contributed by atoms with Crippen LogP contribution >= 0.6 is 24.0 Å². The van der Waals surface area contributed by atoms with Crippen molar-refractivity contribution < 1.29 is 9.18 Å². The third-order valence-electron chi connectivity index (χ3n) is 4.67. The fourth-order valence-corrected chi connectivity index (χ4v) is 3.64. The number of amides is 1. The van der Waals surface area contributed by atoms with E-state index < -0.39 is 0 Å². The van der Waals surface area contributed by atoms with E-state index in [9.17, 15) is 9.18 Å². The van der Waals surface area contributed by atoms with Gasteiger partial charge in [-0.1, -0.05) is 17.7 Å². The molecule has 0 spiro atoms. The van der Waals surface area contributed by atoms with Gasteiger partial charge in [0.15, 0.2) is 0 Å². The fraction of sp³-hybridized carbons (Fsp3) is 0.588. The Morgan fingerprint density at radius 2 is 2.04 bits per heavy atom. The molecule has 2 aliphatic rings. The lowest BCUT2D eigenvalue weighted by atomic mass is 9.95. The van der Waals surface area contributed by atoms with Crippen LogP contribution < -0.4 is 5.32 Å². The smallest absolute Gasteiger partial charge is 0.227 e. The number of rotatable bonds is 3. The molecule has 0 saturated carbocycles. The van der Waals surface area contributed by atoms with Gasteiger partial charge in [0, 0.05) is 39.3 Å². The first kappa shape index (κ1) is 19.4. The third-order valence-corrected chi connectivity index (χ3v) is 4.96. The summed E-state index contributed by atoms with van der Waals surface area (Å²) in [6.07, 6.45) is 1.99. The van der Waals surface area contributed by atoms with Crippen LogP contribution in [0.1, 0.15) is 18.4 Å². The number of piperidine rings is 1. The first-order valence-electron chi connectivity index (χ1n) is 8.29. The van der Waals surface area contributed by atoms with Gasteiger partial charge in [0.25, 0.3) is 0 Å². The van der Waals surface area contributed by atoms with Crippen LogP contribution in [0.15, 0.2) is 18.2 Å². The highest BCUT2D eigenvalue weighted by Gasteiger charge is 2.29. The number of nitrogens with zero attached hydrogens (tertiary/aromatic N) is 2. The second kappa shape index (κ2) is 8.99. The highest BCUT2D eigenvalue weighted by molar-refractivity contribution is 6.30. The first-order chi connectivity index (χ1) is 11.1. The molecule has 0 radical (unpaired) electrons. The number of hydrogen-bond donors (Lipinski definition) is 1. The van der Waals surface area contributed by atoms with Crippen molar-refractivity contribution in [1.29, 1.82) is 0 Å². The van der Waals surface area contributed by atoms with Gasteiger partial charge in [-0.3, -0.25) is 9.69 Å². The SMILES string of the molecule is Cl.O=C(C1CCCN(Cc2ccc(F)c(Cl)c2)C1)N1CCNCC1. The largest absolute Gasteiger partial charge is 0.340 e. The zero-order valence-corrected chi connectivity index (χ0v) is 15.2. The number of carbonyl (C=O) groups is 1. The van der Waals surface area contributed by atoms with Gasteiger partial charge in [0.1, 0.15) is 5.82 Å². The van der Waals surface area contributed by atoms with E-state index in [1.54, 1.807) is 12.1 Å². The van der Waals surface area contributed by atoms with E-state index >= 15 is 0 Å². The topological polar surface area (TPSA) is 35.6 Å². The molecule has 2 fully saturated rings. The molecule has 0 bridgehead atoms. The van der Waals surface area contributed by atoms with Crippen molar-refractivity contribution in [3.63, 3.8) is 0 Å². The molecule has 1 amide bonds. The summed E-state index contributed by atoms with van der Waals surface area (Å²) < 4.78 is 13.3. The monoisotopic (exact) mass is 375 g/mol. The van der Waals surface area contributed by atoms with Crippen LogP contribution in [0, 0.1) is 11.7 Å². The van der Waals surface area contributed by atoms with E-state index in [4.69, 9.17) is 11.6 Å². The van der Waals surface area contributed by atoms with E-state index in [2.05, 4.69) is 10.2 Å². The molecule has 1 aromatic rings. The average Bonchev–Trinajstić information content (AvgIpc) is 2.58. The molecule has 2 aliphatic heterocycles. The van der Waals surface area contributed by atoms with E-state index in [1.165, 1.54) is 6.07 Å². The predicted molar refractivity (Wildman–Crippen MR) is 96.1 cm³/mol. The van der Waals surface area contributed by atoms with Crippen molar-refractivity contribution >= 4 is 29.9 Å². The fourth-order valence-electron chi connectivity index (χ4n) is 3.44. The lowest BCUT2D eigenvalue weighted by Crippen LogP contribution is -2.51. The second-order valence-corrected chi connectivity index (χ2v) is 6.81. The molecule has 24 heavy (non-hydrogen) atoms. The molecular weight excluding hydrogens is 352 g/mol. The average molecular weight is 376 g/mol. The number of piperazine rings is 1. The summed E-state index contributed by atoms with van der Waals surface area (Å²) in [4.78, 5) is 16.9. The first-order valence-corrected chi connectivity index (χ1v) is 8.67. The van der Waals surface area contributed by atoms with E-state index in [-0.39, 0.29) is 35.1 Å². The number of hydrogen-bond acceptors (Lipinski definition) is 3. The van der Waals surface area contributed by atoms with Gasteiger partial charge >= 0.3 is 0 Å². The minimum Gasteiger partial charge on any atom is -0.340 e. The number of benzene rings is 1. The molecule has 2 heterocycles.